The highest BCUT2D eigenvalue weighted by molar-refractivity contribution is 5.94. The number of fused-ring (bicyclic) bond motifs is 2. The molecule has 0 amide bonds. The molecular weight excluding hydrogens is 394 g/mol. The maximum atomic E-state index is 14.8. The number of alkyl halides is 2. The molecule has 0 spiro atoms. The Bertz CT molecular complexity index is 1110. The molecule has 3 aromatic rings. The van der Waals surface area contributed by atoms with Crippen molar-refractivity contribution < 1.29 is 8.78 Å². The number of likely N-dealkylation sites (N-methyl/N-ethyl adjacent to an activating group) is 1. The van der Waals surface area contributed by atoms with Crippen molar-refractivity contribution in [2.45, 2.75) is 25.8 Å². The van der Waals surface area contributed by atoms with Gasteiger partial charge in [0, 0.05) is 68.4 Å². The molecule has 1 aromatic heterocycles. The topological polar surface area (TPSA) is 22.6 Å². The molecule has 0 N–H and O–H groups in total. The minimum Gasteiger partial charge on any atom is -0.368 e. The Labute approximate surface area is 182 Å². The van der Waals surface area contributed by atoms with Crippen molar-refractivity contribution >= 4 is 22.4 Å². The number of hydrogen-bond donors (Lipinski definition) is 0. The number of benzene rings is 2. The maximum Gasteiger partial charge on any atom is 0.275 e. The Balaban J connectivity index is 1.58. The lowest BCUT2D eigenvalue weighted by atomic mass is 10.0. The lowest BCUT2D eigenvalue weighted by molar-refractivity contribution is -0.00967. The van der Waals surface area contributed by atoms with Gasteiger partial charge in [-0.25, -0.2) is 13.8 Å². The number of halogens is 2. The predicted molar refractivity (Wildman–Crippen MR) is 122 cm³/mol. The first-order valence-electron chi connectivity index (χ1n) is 11.0. The van der Waals surface area contributed by atoms with Crippen LogP contribution in [0.15, 0.2) is 48.5 Å². The van der Waals surface area contributed by atoms with Crippen LogP contribution in [-0.2, 0) is 12.5 Å². The first kappa shape index (κ1) is 20.2. The molecule has 1 fully saturated rings. The molecule has 2 aromatic carbocycles. The number of aromatic nitrogens is 1. The van der Waals surface area contributed by atoms with Gasteiger partial charge in [-0.3, -0.25) is 0 Å². The van der Waals surface area contributed by atoms with Crippen molar-refractivity contribution in [3.63, 3.8) is 0 Å². The van der Waals surface area contributed by atoms with E-state index in [-0.39, 0.29) is 18.5 Å². The number of anilines is 2. The van der Waals surface area contributed by atoms with Crippen molar-refractivity contribution in [2.75, 3.05) is 49.6 Å². The number of rotatable bonds is 2. The zero-order valence-corrected chi connectivity index (χ0v) is 18.1. The highest BCUT2D eigenvalue weighted by Crippen LogP contribution is 2.39. The van der Waals surface area contributed by atoms with Gasteiger partial charge in [-0.2, -0.15) is 0 Å². The van der Waals surface area contributed by atoms with Crippen molar-refractivity contribution in [1.29, 1.82) is 0 Å². The van der Waals surface area contributed by atoms with Gasteiger partial charge in [0.15, 0.2) is 0 Å². The molecule has 0 radical (unpaired) electrons. The zero-order valence-electron chi connectivity index (χ0n) is 18.1. The molecule has 4 nitrogen and oxygen atoms in total. The number of nitrogens with zero attached hydrogens (tertiary/aromatic N) is 4. The van der Waals surface area contributed by atoms with Crippen LogP contribution in [0.5, 0.6) is 0 Å². The van der Waals surface area contributed by atoms with Crippen molar-refractivity contribution in [1.82, 2.24) is 9.88 Å². The summed E-state index contributed by atoms with van der Waals surface area (Å²) in [7, 11) is 2.15. The average Bonchev–Trinajstić information content (AvgIpc) is 2.90. The standard InChI is InChI=1S/C25H28F2N4/c1-18-7-8-22-20(15-18)23(30-13-11-29(2)12-14-30)16-24(28-22)31-10-9-25(26,27)21-6-4-3-5-19(21)17-31/h3-8,15-16H,9-14,17H2,1-2H3. The second kappa shape index (κ2) is 7.75. The Kier molecular flexibility index (Phi) is 5.05. The average molecular weight is 423 g/mol. The maximum absolute atomic E-state index is 14.8. The van der Waals surface area contributed by atoms with Crippen LogP contribution in [0, 0.1) is 6.92 Å². The van der Waals surface area contributed by atoms with Gasteiger partial charge in [0.25, 0.3) is 5.92 Å². The molecule has 0 unspecified atom stereocenters. The molecule has 0 aliphatic carbocycles. The zero-order chi connectivity index (χ0) is 21.6. The summed E-state index contributed by atoms with van der Waals surface area (Å²) in [5.41, 5.74) is 4.09. The number of hydrogen-bond acceptors (Lipinski definition) is 4. The van der Waals surface area contributed by atoms with E-state index < -0.39 is 5.92 Å². The summed E-state index contributed by atoms with van der Waals surface area (Å²) < 4.78 is 29.6. The summed E-state index contributed by atoms with van der Waals surface area (Å²) in [4.78, 5) is 11.7. The van der Waals surface area contributed by atoms with Gasteiger partial charge in [-0.05, 0) is 31.7 Å². The van der Waals surface area contributed by atoms with Crippen LogP contribution >= 0.6 is 0 Å². The molecule has 6 heteroatoms. The van der Waals surface area contributed by atoms with E-state index >= 15 is 0 Å². The van der Waals surface area contributed by atoms with Crippen LogP contribution in [0.1, 0.15) is 23.1 Å². The molecule has 2 aliphatic rings. The van der Waals surface area contributed by atoms with Crippen LogP contribution in [0.3, 0.4) is 0 Å². The Morgan fingerprint density at radius 3 is 2.48 bits per heavy atom. The molecule has 3 heterocycles. The smallest absolute Gasteiger partial charge is 0.275 e. The molecule has 2 aliphatic heterocycles. The van der Waals surface area contributed by atoms with E-state index in [1.165, 1.54) is 5.56 Å². The summed E-state index contributed by atoms with van der Waals surface area (Å²) in [6.45, 7) is 6.72. The summed E-state index contributed by atoms with van der Waals surface area (Å²) in [6.07, 6.45) is -0.207. The third-order valence-electron chi connectivity index (χ3n) is 6.57. The largest absolute Gasteiger partial charge is 0.368 e. The Morgan fingerprint density at radius 1 is 0.903 bits per heavy atom. The number of pyridine rings is 1. The summed E-state index contributed by atoms with van der Waals surface area (Å²) in [5.74, 6) is -2.04. The molecule has 0 bridgehead atoms. The van der Waals surface area contributed by atoms with Gasteiger partial charge in [-0.1, -0.05) is 35.9 Å². The summed E-state index contributed by atoms with van der Waals surface area (Å²) >= 11 is 0. The van der Waals surface area contributed by atoms with Crippen LogP contribution in [-0.4, -0.2) is 49.7 Å². The fourth-order valence-corrected chi connectivity index (χ4v) is 4.68. The molecule has 0 atom stereocenters. The lowest BCUT2D eigenvalue weighted by Gasteiger charge is -2.35. The SMILES string of the molecule is Cc1ccc2nc(N3CCC(F)(F)c4ccccc4C3)cc(N3CCN(C)CC3)c2c1. The first-order chi connectivity index (χ1) is 14.9. The number of aryl methyl sites for hydroxylation is 1. The van der Waals surface area contributed by atoms with E-state index in [0.29, 0.717) is 12.1 Å². The summed E-state index contributed by atoms with van der Waals surface area (Å²) in [5, 5.41) is 1.13. The fourth-order valence-electron chi connectivity index (χ4n) is 4.68. The lowest BCUT2D eigenvalue weighted by Crippen LogP contribution is -2.44. The van der Waals surface area contributed by atoms with E-state index in [1.807, 2.05) is 23.1 Å². The molecular formula is C25H28F2N4. The van der Waals surface area contributed by atoms with Gasteiger partial charge in [0.2, 0.25) is 0 Å². The highest BCUT2D eigenvalue weighted by Gasteiger charge is 2.37. The molecule has 5 rings (SSSR count). The molecule has 162 valence electrons. The van der Waals surface area contributed by atoms with Crippen molar-refractivity contribution in [2.24, 2.45) is 0 Å². The van der Waals surface area contributed by atoms with Crippen LogP contribution in [0.4, 0.5) is 20.3 Å². The van der Waals surface area contributed by atoms with Gasteiger partial charge in [0.05, 0.1) is 5.52 Å². The second-order valence-corrected chi connectivity index (χ2v) is 8.84. The second-order valence-electron chi connectivity index (χ2n) is 8.84. The normalized spacial score (nSPS) is 19.4. The molecule has 0 saturated carbocycles. The van der Waals surface area contributed by atoms with E-state index in [1.54, 1.807) is 12.1 Å². The van der Waals surface area contributed by atoms with Gasteiger partial charge < -0.3 is 14.7 Å². The minimum atomic E-state index is -2.82. The third-order valence-corrected chi connectivity index (χ3v) is 6.57. The van der Waals surface area contributed by atoms with Crippen LogP contribution < -0.4 is 9.80 Å². The van der Waals surface area contributed by atoms with Crippen LogP contribution in [0.2, 0.25) is 0 Å². The van der Waals surface area contributed by atoms with E-state index in [2.05, 4.69) is 42.0 Å². The summed E-state index contributed by atoms with van der Waals surface area (Å²) in [6, 6.07) is 15.3. The molecule has 31 heavy (non-hydrogen) atoms. The minimum absolute atomic E-state index is 0.146. The first-order valence-corrected chi connectivity index (χ1v) is 11.0. The van der Waals surface area contributed by atoms with E-state index in [0.717, 1.165) is 48.6 Å². The Morgan fingerprint density at radius 2 is 1.68 bits per heavy atom. The van der Waals surface area contributed by atoms with Crippen LogP contribution in [0.25, 0.3) is 10.9 Å². The van der Waals surface area contributed by atoms with E-state index in [4.69, 9.17) is 4.98 Å². The fraction of sp³-hybridized carbons (Fsp3) is 0.400. The van der Waals surface area contributed by atoms with Gasteiger partial charge in [0.1, 0.15) is 5.82 Å². The monoisotopic (exact) mass is 422 g/mol. The van der Waals surface area contributed by atoms with Gasteiger partial charge in [-0.15, -0.1) is 0 Å². The Hall–Kier alpha value is -2.73. The quantitative estimate of drug-likeness (QED) is 0.592. The van der Waals surface area contributed by atoms with Crippen molar-refractivity contribution in [3.8, 4) is 0 Å². The highest BCUT2D eigenvalue weighted by atomic mass is 19.3. The molecule has 1 saturated heterocycles. The third kappa shape index (κ3) is 3.85. The van der Waals surface area contributed by atoms with E-state index in [9.17, 15) is 8.78 Å². The van der Waals surface area contributed by atoms with Crippen molar-refractivity contribution in [3.05, 3.63) is 65.2 Å². The number of piperazine rings is 1. The predicted octanol–water partition coefficient (Wildman–Crippen LogP) is 4.80. The van der Waals surface area contributed by atoms with Gasteiger partial charge >= 0.3 is 0 Å².